The van der Waals surface area contributed by atoms with Gasteiger partial charge >= 0.3 is 0 Å². The van der Waals surface area contributed by atoms with Crippen molar-refractivity contribution in [1.82, 2.24) is 4.72 Å². The van der Waals surface area contributed by atoms with Crippen LogP contribution in [-0.2, 0) is 10.0 Å². The van der Waals surface area contributed by atoms with Gasteiger partial charge in [-0.05, 0) is 68.9 Å². The largest absolute Gasteiger partial charge is 0.388 e. The predicted molar refractivity (Wildman–Crippen MR) is 123 cm³/mol. The van der Waals surface area contributed by atoms with Crippen molar-refractivity contribution in [2.45, 2.75) is 108 Å². The summed E-state index contributed by atoms with van der Waals surface area (Å²) >= 11 is 0. The Hall–Kier alpha value is -0.910. The Labute approximate surface area is 183 Å². The molecule has 0 saturated heterocycles. The third kappa shape index (κ3) is 5.46. The zero-order valence-electron chi connectivity index (χ0n) is 19.1. The topological polar surface area (TPSA) is 66.4 Å². The Bertz CT molecular complexity index is 742. The highest BCUT2D eigenvalue weighted by Gasteiger charge is 2.50. The van der Waals surface area contributed by atoms with Gasteiger partial charge in [0.25, 0.3) is 0 Å². The molecule has 2 fully saturated rings. The van der Waals surface area contributed by atoms with Crippen LogP contribution in [0, 0.1) is 24.7 Å². The van der Waals surface area contributed by atoms with Crippen LogP contribution in [0.5, 0.6) is 0 Å². The second-order valence-corrected chi connectivity index (χ2v) is 11.9. The van der Waals surface area contributed by atoms with Crippen LogP contribution in [0.4, 0.5) is 0 Å². The summed E-state index contributed by atoms with van der Waals surface area (Å²) in [4.78, 5) is 0.288. The second kappa shape index (κ2) is 10.1. The predicted octanol–water partition coefficient (Wildman–Crippen LogP) is 5.58. The summed E-state index contributed by atoms with van der Waals surface area (Å²) in [5.74, 6) is 0.659. The Morgan fingerprint density at radius 3 is 1.83 bits per heavy atom. The number of aryl methyl sites for hydroxylation is 1. The van der Waals surface area contributed by atoms with Crippen LogP contribution < -0.4 is 4.72 Å². The molecule has 2 aliphatic rings. The van der Waals surface area contributed by atoms with E-state index in [1.165, 1.54) is 12.8 Å². The van der Waals surface area contributed by atoms with Crippen molar-refractivity contribution in [1.29, 1.82) is 0 Å². The Balaban J connectivity index is 1.96. The summed E-state index contributed by atoms with van der Waals surface area (Å²) in [7, 11) is -3.69. The molecule has 1 aromatic carbocycles. The average molecular weight is 436 g/mol. The Kier molecular flexibility index (Phi) is 8.03. The molecule has 2 saturated carbocycles. The van der Waals surface area contributed by atoms with E-state index in [9.17, 15) is 13.5 Å². The number of hydrogen-bond donors (Lipinski definition) is 2. The fraction of sp³-hybridized carbons (Fsp3) is 0.760. The lowest BCUT2D eigenvalue weighted by molar-refractivity contribution is -0.116. The minimum Gasteiger partial charge on any atom is -0.388 e. The molecule has 0 heterocycles. The number of rotatable bonds is 8. The molecule has 3 rings (SSSR count). The summed E-state index contributed by atoms with van der Waals surface area (Å²) < 4.78 is 29.7. The van der Waals surface area contributed by atoms with Crippen LogP contribution in [-0.4, -0.2) is 25.2 Å². The fourth-order valence-electron chi connectivity index (χ4n) is 5.81. The maximum Gasteiger partial charge on any atom is 0.240 e. The molecule has 0 radical (unpaired) electrons. The van der Waals surface area contributed by atoms with Gasteiger partial charge in [-0.25, -0.2) is 13.1 Å². The van der Waals surface area contributed by atoms with Crippen LogP contribution in [0.25, 0.3) is 0 Å². The average Bonchev–Trinajstić information content (AvgIpc) is 2.74. The summed E-state index contributed by atoms with van der Waals surface area (Å²) in [5, 5.41) is 12.4. The first kappa shape index (κ1) is 23.7. The molecule has 30 heavy (non-hydrogen) atoms. The Morgan fingerprint density at radius 2 is 1.40 bits per heavy atom. The summed E-state index contributed by atoms with van der Waals surface area (Å²) in [6, 6.07) is 6.56. The SMILES string of the molecule is Cc1ccc(S(=O)(=O)N[C@@H](CC(C)C)C(O)(C2CCCCC2)C2CCCCC2)cc1. The van der Waals surface area contributed by atoms with Crippen molar-refractivity contribution in [3.05, 3.63) is 29.8 Å². The van der Waals surface area contributed by atoms with Crippen molar-refractivity contribution in [2.24, 2.45) is 17.8 Å². The normalized spacial score (nSPS) is 21.1. The molecule has 0 amide bonds. The van der Waals surface area contributed by atoms with E-state index in [0.29, 0.717) is 12.3 Å². The molecule has 0 unspecified atom stereocenters. The molecule has 1 aromatic rings. The lowest BCUT2D eigenvalue weighted by Crippen LogP contribution is -2.61. The van der Waals surface area contributed by atoms with E-state index in [4.69, 9.17) is 0 Å². The molecule has 5 heteroatoms. The van der Waals surface area contributed by atoms with Gasteiger partial charge in [0.15, 0.2) is 0 Å². The number of hydrogen-bond acceptors (Lipinski definition) is 3. The van der Waals surface area contributed by atoms with Gasteiger partial charge in [0.1, 0.15) is 0 Å². The van der Waals surface area contributed by atoms with E-state index in [2.05, 4.69) is 18.6 Å². The van der Waals surface area contributed by atoms with Crippen LogP contribution >= 0.6 is 0 Å². The van der Waals surface area contributed by atoms with Crippen LogP contribution in [0.15, 0.2) is 29.2 Å². The number of benzene rings is 1. The molecule has 2 aliphatic carbocycles. The molecule has 170 valence electrons. The molecule has 1 atom stereocenters. The van der Waals surface area contributed by atoms with Gasteiger partial charge in [-0.15, -0.1) is 0 Å². The van der Waals surface area contributed by atoms with Gasteiger partial charge in [-0.2, -0.15) is 0 Å². The first-order chi connectivity index (χ1) is 14.2. The standard InChI is InChI=1S/C25H41NO3S/c1-19(2)18-24(26-30(28,29)23-16-14-20(3)15-17-23)25(27,21-10-6-4-7-11-21)22-12-8-5-9-13-22/h14-17,19,21-22,24,26-27H,4-13,18H2,1-3H3/t24-/m0/s1. The van der Waals surface area contributed by atoms with Crippen molar-refractivity contribution in [2.75, 3.05) is 0 Å². The fourth-order valence-corrected chi connectivity index (χ4v) is 7.10. The lowest BCUT2D eigenvalue weighted by atomic mass is 9.62. The van der Waals surface area contributed by atoms with Gasteiger partial charge in [0.05, 0.1) is 16.5 Å². The maximum atomic E-state index is 13.3. The smallest absolute Gasteiger partial charge is 0.240 e. The minimum atomic E-state index is -3.69. The van der Waals surface area contributed by atoms with Crippen molar-refractivity contribution >= 4 is 10.0 Å². The molecule has 0 spiro atoms. The van der Waals surface area contributed by atoms with Gasteiger partial charge < -0.3 is 5.11 Å². The minimum absolute atomic E-state index is 0.179. The maximum absolute atomic E-state index is 13.3. The lowest BCUT2D eigenvalue weighted by Gasteiger charge is -2.50. The van der Waals surface area contributed by atoms with Crippen LogP contribution in [0.2, 0.25) is 0 Å². The zero-order chi connectivity index (χ0) is 21.8. The van der Waals surface area contributed by atoms with Gasteiger partial charge in [0, 0.05) is 0 Å². The summed E-state index contributed by atoms with van der Waals surface area (Å²) in [6.45, 7) is 6.20. The summed E-state index contributed by atoms with van der Waals surface area (Å²) in [6.07, 6.45) is 11.7. The van der Waals surface area contributed by atoms with E-state index in [1.807, 2.05) is 19.1 Å². The third-order valence-corrected chi connectivity index (χ3v) is 8.90. The monoisotopic (exact) mass is 435 g/mol. The third-order valence-electron chi connectivity index (χ3n) is 7.41. The van der Waals surface area contributed by atoms with Crippen LogP contribution in [0.1, 0.15) is 90.0 Å². The highest BCUT2D eigenvalue weighted by Crippen LogP contribution is 2.46. The number of sulfonamides is 1. The van der Waals surface area contributed by atoms with E-state index >= 15 is 0 Å². The van der Waals surface area contributed by atoms with Gasteiger partial charge in [-0.3, -0.25) is 0 Å². The van der Waals surface area contributed by atoms with E-state index in [-0.39, 0.29) is 16.7 Å². The Morgan fingerprint density at radius 1 is 0.933 bits per heavy atom. The first-order valence-electron chi connectivity index (χ1n) is 12.0. The highest BCUT2D eigenvalue weighted by molar-refractivity contribution is 7.89. The van der Waals surface area contributed by atoms with Gasteiger partial charge in [-0.1, -0.05) is 70.1 Å². The zero-order valence-corrected chi connectivity index (χ0v) is 19.9. The molecular weight excluding hydrogens is 394 g/mol. The van der Waals surface area contributed by atoms with Crippen molar-refractivity contribution in [3.8, 4) is 0 Å². The van der Waals surface area contributed by atoms with Crippen molar-refractivity contribution < 1.29 is 13.5 Å². The second-order valence-electron chi connectivity index (χ2n) is 10.2. The summed E-state index contributed by atoms with van der Waals surface area (Å²) in [5.41, 5.74) is 0.0664. The molecule has 0 bridgehead atoms. The quantitative estimate of drug-likeness (QED) is 0.560. The molecule has 0 aliphatic heterocycles. The first-order valence-corrected chi connectivity index (χ1v) is 13.5. The van der Waals surface area contributed by atoms with E-state index in [0.717, 1.165) is 56.9 Å². The van der Waals surface area contributed by atoms with E-state index in [1.54, 1.807) is 12.1 Å². The molecule has 4 nitrogen and oxygen atoms in total. The van der Waals surface area contributed by atoms with Crippen LogP contribution in [0.3, 0.4) is 0 Å². The van der Waals surface area contributed by atoms with E-state index < -0.39 is 21.7 Å². The molecule has 2 N–H and O–H groups in total. The number of aliphatic hydroxyl groups is 1. The highest BCUT2D eigenvalue weighted by atomic mass is 32.2. The molecule has 0 aromatic heterocycles. The molecular formula is C25H41NO3S. The van der Waals surface area contributed by atoms with Crippen molar-refractivity contribution in [3.63, 3.8) is 0 Å². The number of nitrogens with one attached hydrogen (secondary N) is 1. The van der Waals surface area contributed by atoms with Gasteiger partial charge in [0.2, 0.25) is 10.0 Å².